The van der Waals surface area contributed by atoms with E-state index in [0.717, 1.165) is 31.4 Å². The summed E-state index contributed by atoms with van der Waals surface area (Å²) in [5.41, 5.74) is 1.97. The minimum atomic E-state index is -3.29. The van der Waals surface area contributed by atoms with Crippen LogP contribution in [0.15, 0.2) is 24.3 Å². The van der Waals surface area contributed by atoms with Crippen molar-refractivity contribution in [3.63, 3.8) is 0 Å². The first-order chi connectivity index (χ1) is 11.8. The smallest absolute Gasteiger partial charge is 0.225 e. The number of sulfonamides is 1. The van der Waals surface area contributed by atoms with Crippen LogP contribution in [-0.2, 0) is 14.8 Å². The second-order valence-corrected chi connectivity index (χ2v) is 9.18. The minimum Gasteiger partial charge on any atom is -0.326 e. The van der Waals surface area contributed by atoms with Gasteiger partial charge < -0.3 is 5.32 Å². The molecule has 1 saturated carbocycles. The van der Waals surface area contributed by atoms with Crippen molar-refractivity contribution < 1.29 is 13.2 Å². The molecule has 5 nitrogen and oxygen atoms in total. The summed E-state index contributed by atoms with van der Waals surface area (Å²) >= 11 is 0. The van der Waals surface area contributed by atoms with Gasteiger partial charge in [-0.3, -0.25) is 4.79 Å². The maximum atomic E-state index is 12.2. The molecule has 6 heteroatoms. The van der Waals surface area contributed by atoms with Crippen molar-refractivity contribution in [2.75, 3.05) is 18.1 Å². The van der Waals surface area contributed by atoms with Gasteiger partial charge in [0.05, 0.1) is 6.26 Å². The van der Waals surface area contributed by atoms with Crippen molar-refractivity contribution in [3.05, 3.63) is 29.8 Å². The second kappa shape index (κ2) is 8.81. The van der Waals surface area contributed by atoms with Gasteiger partial charge in [-0.05, 0) is 36.5 Å². The Balaban J connectivity index is 1.91. The number of benzene rings is 1. The predicted octanol–water partition coefficient (Wildman–Crippen LogP) is 3.73. The van der Waals surface area contributed by atoms with Gasteiger partial charge >= 0.3 is 0 Å². The number of anilines is 1. The van der Waals surface area contributed by atoms with Gasteiger partial charge in [0.25, 0.3) is 0 Å². The second-order valence-electron chi connectivity index (χ2n) is 7.24. The Morgan fingerprint density at radius 3 is 2.28 bits per heavy atom. The van der Waals surface area contributed by atoms with Crippen LogP contribution in [0.25, 0.3) is 0 Å². The third-order valence-corrected chi connectivity index (χ3v) is 6.16. The lowest BCUT2D eigenvalue weighted by molar-refractivity contribution is -0.116. The lowest BCUT2D eigenvalue weighted by Gasteiger charge is -2.32. The fourth-order valence-electron chi connectivity index (χ4n) is 3.37. The molecule has 0 saturated heterocycles. The molecule has 1 aromatic carbocycles. The van der Waals surface area contributed by atoms with Crippen molar-refractivity contribution in [2.45, 2.75) is 64.3 Å². The molecule has 0 bridgehead atoms. The molecule has 1 amide bonds. The SMILES string of the molecule is CC(C)c1ccc(NC(=O)CCN(C2CCCCC2)S(C)(=O)=O)cc1. The number of carbonyl (C=O) groups excluding carboxylic acids is 1. The first-order valence-corrected chi connectivity index (χ1v) is 11.0. The van der Waals surface area contributed by atoms with E-state index in [9.17, 15) is 13.2 Å². The van der Waals surface area contributed by atoms with Crippen LogP contribution in [0.1, 0.15) is 63.9 Å². The molecular formula is C19H30N2O3S. The van der Waals surface area contributed by atoms with Crippen molar-refractivity contribution in [2.24, 2.45) is 0 Å². The van der Waals surface area contributed by atoms with Crippen LogP contribution in [0.4, 0.5) is 5.69 Å². The summed E-state index contributed by atoms with van der Waals surface area (Å²) in [7, 11) is -3.29. The molecule has 0 spiro atoms. The van der Waals surface area contributed by atoms with E-state index in [1.807, 2.05) is 24.3 Å². The lowest BCUT2D eigenvalue weighted by Crippen LogP contribution is -2.42. The van der Waals surface area contributed by atoms with Crippen LogP contribution in [0.2, 0.25) is 0 Å². The molecule has 0 radical (unpaired) electrons. The Morgan fingerprint density at radius 2 is 1.76 bits per heavy atom. The molecule has 0 aliphatic heterocycles. The average molecular weight is 367 g/mol. The zero-order chi connectivity index (χ0) is 18.4. The third-order valence-electron chi connectivity index (χ3n) is 4.83. The molecule has 0 heterocycles. The Hall–Kier alpha value is -1.40. The van der Waals surface area contributed by atoms with Crippen LogP contribution in [-0.4, -0.2) is 37.5 Å². The first-order valence-electron chi connectivity index (χ1n) is 9.14. The van der Waals surface area contributed by atoms with Gasteiger partial charge in [0.2, 0.25) is 15.9 Å². The van der Waals surface area contributed by atoms with E-state index in [4.69, 9.17) is 0 Å². The van der Waals surface area contributed by atoms with Crippen molar-refractivity contribution in [1.82, 2.24) is 4.31 Å². The highest BCUT2D eigenvalue weighted by atomic mass is 32.2. The van der Waals surface area contributed by atoms with Crippen molar-refractivity contribution >= 4 is 21.6 Å². The molecule has 0 atom stereocenters. The highest BCUT2D eigenvalue weighted by Gasteiger charge is 2.28. The molecule has 1 aromatic rings. The van der Waals surface area contributed by atoms with E-state index in [0.29, 0.717) is 5.92 Å². The topological polar surface area (TPSA) is 66.5 Å². The quantitative estimate of drug-likeness (QED) is 0.799. The molecule has 1 aliphatic carbocycles. The van der Waals surface area contributed by atoms with Gasteiger partial charge in [-0.2, -0.15) is 4.31 Å². The molecule has 25 heavy (non-hydrogen) atoms. The third kappa shape index (κ3) is 6.12. The van der Waals surface area contributed by atoms with Crippen LogP contribution >= 0.6 is 0 Å². The summed E-state index contributed by atoms with van der Waals surface area (Å²) < 4.78 is 25.7. The Kier molecular flexibility index (Phi) is 7.02. The fourth-order valence-corrected chi connectivity index (χ4v) is 4.55. The fraction of sp³-hybridized carbons (Fsp3) is 0.632. The normalized spacial score (nSPS) is 16.4. The van der Waals surface area contributed by atoms with E-state index in [2.05, 4.69) is 19.2 Å². The summed E-state index contributed by atoms with van der Waals surface area (Å²) in [4.78, 5) is 12.2. The van der Waals surface area contributed by atoms with Gasteiger partial charge in [-0.15, -0.1) is 0 Å². The van der Waals surface area contributed by atoms with Crippen LogP contribution < -0.4 is 5.32 Å². The summed E-state index contributed by atoms with van der Waals surface area (Å²) in [6.45, 7) is 4.50. The van der Waals surface area contributed by atoms with E-state index in [1.165, 1.54) is 22.5 Å². The number of hydrogen-bond donors (Lipinski definition) is 1. The van der Waals surface area contributed by atoms with E-state index in [-0.39, 0.29) is 24.9 Å². The van der Waals surface area contributed by atoms with E-state index in [1.54, 1.807) is 0 Å². The van der Waals surface area contributed by atoms with Gasteiger partial charge in [0, 0.05) is 24.7 Å². The summed E-state index contributed by atoms with van der Waals surface area (Å²) in [5, 5.41) is 2.86. The average Bonchev–Trinajstić information content (AvgIpc) is 2.55. The highest BCUT2D eigenvalue weighted by molar-refractivity contribution is 7.88. The van der Waals surface area contributed by atoms with Crippen LogP contribution in [0, 0.1) is 0 Å². The van der Waals surface area contributed by atoms with Crippen LogP contribution in [0.5, 0.6) is 0 Å². The molecule has 1 N–H and O–H groups in total. The standard InChI is InChI=1S/C19H30N2O3S/c1-15(2)16-9-11-17(12-10-16)20-19(22)13-14-21(25(3,23)24)18-7-5-4-6-8-18/h9-12,15,18H,4-8,13-14H2,1-3H3,(H,20,22). The summed E-state index contributed by atoms with van der Waals surface area (Å²) in [5.74, 6) is 0.297. The molecule has 1 fully saturated rings. The maximum absolute atomic E-state index is 12.2. The predicted molar refractivity (Wildman–Crippen MR) is 102 cm³/mol. The van der Waals surface area contributed by atoms with Crippen LogP contribution in [0.3, 0.4) is 0 Å². The number of hydrogen-bond acceptors (Lipinski definition) is 3. The van der Waals surface area contributed by atoms with Crippen molar-refractivity contribution in [3.8, 4) is 0 Å². The monoisotopic (exact) mass is 366 g/mol. The number of carbonyl (C=O) groups is 1. The van der Waals surface area contributed by atoms with Gasteiger partial charge in [-0.25, -0.2) is 8.42 Å². The minimum absolute atomic E-state index is 0.0434. The number of nitrogens with zero attached hydrogens (tertiary/aromatic N) is 1. The van der Waals surface area contributed by atoms with E-state index < -0.39 is 10.0 Å². The Labute approximate surface area is 151 Å². The zero-order valence-corrected chi connectivity index (χ0v) is 16.3. The summed E-state index contributed by atoms with van der Waals surface area (Å²) in [6, 6.07) is 7.84. The Bertz CT molecular complexity index is 662. The molecule has 1 aliphatic rings. The Morgan fingerprint density at radius 1 is 1.16 bits per heavy atom. The maximum Gasteiger partial charge on any atom is 0.225 e. The molecular weight excluding hydrogens is 336 g/mol. The number of nitrogens with one attached hydrogen (secondary N) is 1. The highest BCUT2D eigenvalue weighted by Crippen LogP contribution is 2.24. The van der Waals surface area contributed by atoms with E-state index >= 15 is 0 Å². The molecule has 2 rings (SSSR count). The molecule has 0 unspecified atom stereocenters. The molecule has 140 valence electrons. The largest absolute Gasteiger partial charge is 0.326 e. The van der Waals surface area contributed by atoms with Gasteiger partial charge in [0.1, 0.15) is 0 Å². The molecule has 0 aromatic heterocycles. The van der Waals surface area contributed by atoms with Crippen molar-refractivity contribution in [1.29, 1.82) is 0 Å². The van der Waals surface area contributed by atoms with Gasteiger partial charge in [0.15, 0.2) is 0 Å². The number of rotatable bonds is 7. The number of amides is 1. The summed E-state index contributed by atoms with van der Waals surface area (Å²) in [6.07, 6.45) is 6.49. The zero-order valence-electron chi connectivity index (χ0n) is 15.5. The van der Waals surface area contributed by atoms with Gasteiger partial charge in [-0.1, -0.05) is 45.2 Å². The lowest BCUT2D eigenvalue weighted by atomic mass is 9.95. The first kappa shape index (κ1) is 19.9.